The van der Waals surface area contributed by atoms with E-state index in [2.05, 4.69) is 20.6 Å². The molecule has 4 amide bonds. The summed E-state index contributed by atoms with van der Waals surface area (Å²) in [4.78, 5) is 80.7. The highest BCUT2D eigenvalue weighted by Gasteiger charge is 2.31. The minimum Gasteiger partial charge on any atom is -0.398 e. The summed E-state index contributed by atoms with van der Waals surface area (Å²) in [5, 5.41) is 5.35. The Morgan fingerprint density at radius 1 is 0.690 bits per heavy atom. The number of hydrogen-bond donors (Lipinski definition) is 3. The molecule has 2 unspecified atom stereocenters. The third-order valence-electron chi connectivity index (χ3n) is 7.50. The van der Waals surface area contributed by atoms with Gasteiger partial charge >= 0.3 is 0 Å². The zero-order chi connectivity index (χ0) is 30.3. The molecule has 2 atom stereocenters. The summed E-state index contributed by atoms with van der Waals surface area (Å²) >= 11 is 0. The van der Waals surface area contributed by atoms with Crippen molar-refractivity contribution in [1.29, 1.82) is 0 Å². The fourth-order valence-electron chi connectivity index (χ4n) is 5.49. The van der Waals surface area contributed by atoms with Gasteiger partial charge in [-0.25, -0.2) is 9.97 Å². The Labute approximate surface area is 238 Å². The van der Waals surface area contributed by atoms with E-state index in [9.17, 15) is 28.8 Å². The van der Waals surface area contributed by atoms with E-state index in [0.717, 1.165) is 5.56 Å². The minimum atomic E-state index is -0.730. The standard InChI is InChI=1S/C15H15N3O3.C14H14N4O3/c1-8-4-3-5-10-13(8)15(21)18(9(2)16-10)11-6-7-12(19)17-14(11)20;1-7-16-9-4-2-3-8(15)12(9)14(21)18(7)10-5-6-11(19)17-13(10)20/h3-5,11H,6-7H2,1-2H3,(H,17,19,20);2-4,10H,5-6,15H2,1H3,(H,17,19,20). The largest absolute Gasteiger partial charge is 0.398 e. The molecule has 2 aromatic carbocycles. The lowest BCUT2D eigenvalue weighted by molar-refractivity contribution is -0.137. The number of nitrogens with zero attached hydrogens (tertiary/aromatic N) is 4. The lowest BCUT2D eigenvalue weighted by Gasteiger charge is -2.24. The molecule has 0 saturated carbocycles. The Balaban J connectivity index is 0.000000168. The number of hydrogen-bond acceptors (Lipinski definition) is 9. The Morgan fingerprint density at radius 3 is 1.64 bits per heavy atom. The van der Waals surface area contributed by atoms with Gasteiger partial charge in [-0.1, -0.05) is 18.2 Å². The van der Waals surface area contributed by atoms with E-state index in [4.69, 9.17) is 5.73 Å². The molecule has 2 aliphatic rings. The number of nitrogens with one attached hydrogen (secondary N) is 2. The van der Waals surface area contributed by atoms with Crippen LogP contribution in [0.4, 0.5) is 5.69 Å². The summed E-state index contributed by atoms with van der Waals surface area (Å²) in [7, 11) is 0. The maximum Gasteiger partial charge on any atom is 0.264 e. The van der Waals surface area contributed by atoms with Crippen LogP contribution >= 0.6 is 0 Å². The van der Waals surface area contributed by atoms with Crippen molar-refractivity contribution in [3.05, 3.63) is 74.3 Å². The molecule has 4 aromatic rings. The zero-order valence-electron chi connectivity index (χ0n) is 23.3. The van der Waals surface area contributed by atoms with Gasteiger partial charge in [0.25, 0.3) is 11.1 Å². The van der Waals surface area contributed by atoms with E-state index in [1.54, 1.807) is 38.1 Å². The third-order valence-corrected chi connectivity index (χ3v) is 7.50. The van der Waals surface area contributed by atoms with Gasteiger partial charge in [-0.2, -0.15) is 0 Å². The fourth-order valence-corrected chi connectivity index (χ4v) is 5.49. The minimum absolute atomic E-state index is 0.199. The Hall–Kier alpha value is -5.20. The second kappa shape index (κ2) is 11.0. The number of piperidine rings is 2. The Bertz CT molecular complexity index is 1790. The van der Waals surface area contributed by atoms with Crippen LogP contribution in [0.3, 0.4) is 0 Å². The lowest BCUT2D eigenvalue weighted by atomic mass is 10.0. The van der Waals surface area contributed by atoms with Crippen LogP contribution in [0, 0.1) is 20.8 Å². The van der Waals surface area contributed by atoms with Crippen molar-refractivity contribution < 1.29 is 19.2 Å². The number of imide groups is 2. The number of aromatic nitrogens is 4. The zero-order valence-corrected chi connectivity index (χ0v) is 23.3. The van der Waals surface area contributed by atoms with Crippen molar-refractivity contribution in [2.75, 3.05) is 5.73 Å². The van der Waals surface area contributed by atoms with Crippen LogP contribution in [0.15, 0.2) is 46.0 Å². The summed E-state index contributed by atoms with van der Waals surface area (Å²) in [6, 6.07) is 9.11. The van der Waals surface area contributed by atoms with Gasteiger partial charge in [0.1, 0.15) is 23.7 Å². The Kier molecular flexibility index (Phi) is 7.42. The van der Waals surface area contributed by atoms with Crippen LogP contribution in [0.5, 0.6) is 0 Å². The van der Waals surface area contributed by atoms with Crippen LogP contribution in [0.25, 0.3) is 21.8 Å². The summed E-state index contributed by atoms with van der Waals surface area (Å²) in [5.74, 6) is -0.638. The number of nitrogens with two attached hydrogens (primary N) is 1. The van der Waals surface area contributed by atoms with Crippen molar-refractivity contribution in [2.45, 2.75) is 58.5 Å². The molecule has 13 nitrogen and oxygen atoms in total. The molecule has 0 bridgehead atoms. The molecule has 0 aliphatic carbocycles. The van der Waals surface area contributed by atoms with Gasteiger partial charge in [-0.3, -0.25) is 48.5 Å². The summed E-state index contributed by atoms with van der Waals surface area (Å²) < 4.78 is 2.72. The van der Waals surface area contributed by atoms with Crippen LogP contribution in [0.2, 0.25) is 0 Å². The topological polar surface area (TPSA) is 188 Å². The van der Waals surface area contributed by atoms with Crippen LogP contribution in [-0.4, -0.2) is 42.7 Å². The van der Waals surface area contributed by atoms with Crippen molar-refractivity contribution in [3.63, 3.8) is 0 Å². The van der Waals surface area contributed by atoms with Gasteiger partial charge in [0.2, 0.25) is 23.6 Å². The molecule has 42 heavy (non-hydrogen) atoms. The van der Waals surface area contributed by atoms with Crippen molar-refractivity contribution in [1.82, 2.24) is 29.7 Å². The van der Waals surface area contributed by atoms with Gasteiger partial charge in [0.05, 0.1) is 21.8 Å². The molecule has 216 valence electrons. The summed E-state index contributed by atoms with van der Waals surface area (Å²) in [5.41, 5.74) is 7.54. The number of nitrogen functional groups attached to an aromatic ring is 1. The number of fused-ring (bicyclic) bond motifs is 2. The van der Waals surface area contributed by atoms with E-state index in [1.165, 1.54) is 9.13 Å². The van der Waals surface area contributed by atoms with Crippen molar-refractivity contribution in [3.8, 4) is 0 Å². The molecule has 2 aliphatic heterocycles. The highest BCUT2D eigenvalue weighted by atomic mass is 16.2. The molecule has 0 spiro atoms. The van der Waals surface area contributed by atoms with Crippen molar-refractivity contribution >= 4 is 51.1 Å². The first-order valence-electron chi connectivity index (χ1n) is 13.4. The quantitative estimate of drug-likeness (QED) is 0.235. The predicted octanol–water partition coefficient (Wildman–Crippen LogP) is 1.26. The van der Waals surface area contributed by atoms with Crippen LogP contribution < -0.4 is 27.5 Å². The number of aryl methyl sites for hydroxylation is 3. The maximum absolute atomic E-state index is 12.8. The monoisotopic (exact) mass is 571 g/mol. The molecule has 13 heteroatoms. The van der Waals surface area contributed by atoms with E-state index in [0.29, 0.717) is 45.6 Å². The predicted molar refractivity (Wildman–Crippen MR) is 153 cm³/mol. The van der Waals surface area contributed by atoms with E-state index in [1.807, 2.05) is 19.1 Å². The van der Waals surface area contributed by atoms with Crippen molar-refractivity contribution in [2.24, 2.45) is 0 Å². The first-order valence-corrected chi connectivity index (χ1v) is 13.4. The number of benzene rings is 2. The second-order valence-electron chi connectivity index (χ2n) is 10.3. The molecule has 0 radical (unpaired) electrons. The highest BCUT2D eigenvalue weighted by molar-refractivity contribution is 6.00. The Morgan fingerprint density at radius 2 is 1.14 bits per heavy atom. The second-order valence-corrected chi connectivity index (χ2v) is 10.3. The molecule has 2 saturated heterocycles. The van der Waals surface area contributed by atoms with E-state index < -0.39 is 23.9 Å². The van der Waals surface area contributed by atoms with Gasteiger partial charge in [-0.05, 0) is 57.4 Å². The normalized spacial score (nSPS) is 18.8. The van der Waals surface area contributed by atoms with E-state index in [-0.39, 0.29) is 42.2 Å². The number of anilines is 1. The molecule has 6 rings (SSSR count). The fraction of sp³-hybridized carbons (Fsp3) is 0.310. The van der Waals surface area contributed by atoms with Crippen LogP contribution in [-0.2, 0) is 19.2 Å². The number of carbonyl (C=O) groups excluding carboxylic acids is 4. The number of carbonyl (C=O) groups is 4. The lowest BCUT2D eigenvalue weighted by Crippen LogP contribution is -2.45. The highest BCUT2D eigenvalue weighted by Crippen LogP contribution is 2.22. The average Bonchev–Trinajstić information content (AvgIpc) is 2.91. The van der Waals surface area contributed by atoms with Gasteiger partial charge < -0.3 is 5.73 Å². The molecular formula is C29H29N7O6. The average molecular weight is 572 g/mol. The first-order chi connectivity index (χ1) is 20.0. The third kappa shape index (κ3) is 5.04. The van der Waals surface area contributed by atoms with Gasteiger partial charge in [-0.15, -0.1) is 0 Å². The molecule has 2 aromatic heterocycles. The van der Waals surface area contributed by atoms with E-state index >= 15 is 0 Å². The summed E-state index contributed by atoms with van der Waals surface area (Å²) in [6.07, 6.45) is 1.04. The maximum atomic E-state index is 12.8. The molecular weight excluding hydrogens is 542 g/mol. The van der Waals surface area contributed by atoms with Gasteiger partial charge in [0.15, 0.2) is 0 Å². The number of amides is 4. The SMILES string of the molecule is Cc1cccc2nc(C)n(C3CCC(=O)NC3=O)c(=O)c12.Cc1nc2cccc(N)c2c(=O)n1C1CCC(=O)NC1=O. The molecule has 4 N–H and O–H groups in total. The molecule has 2 fully saturated rings. The smallest absolute Gasteiger partial charge is 0.264 e. The molecule has 4 heterocycles. The number of rotatable bonds is 2. The van der Waals surface area contributed by atoms with Crippen LogP contribution in [0.1, 0.15) is 55.0 Å². The first kappa shape index (κ1) is 28.3. The van der Waals surface area contributed by atoms with Gasteiger partial charge in [0, 0.05) is 18.5 Å². The summed E-state index contributed by atoms with van der Waals surface area (Å²) in [6.45, 7) is 5.20.